The number of carbonyl (C=O) groups excluding carboxylic acids is 1. The van der Waals surface area contributed by atoms with E-state index in [0.717, 1.165) is 38.3 Å². The number of piperidine rings is 1. The Morgan fingerprint density at radius 1 is 1.21 bits per heavy atom. The highest BCUT2D eigenvalue weighted by molar-refractivity contribution is 5.92. The van der Waals surface area contributed by atoms with Gasteiger partial charge in [0.05, 0.1) is 6.20 Å². The van der Waals surface area contributed by atoms with Crippen LogP contribution >= 0.6 is 0 Å². The maximum absolute atomic E-state index is 13.9. The van der Waals surface area contributed by atoms with Crippen molar-refractivity contribution >= 4 is 5.91 Å². The lowest BCUT2D eigenvalue weighted by atomic mass is 9.95. The summed E-state index contributed by atoms with van der Waals surface area (Å²) < 4.78 is 26.9. The van der Waals surface area contributed by atoms with Crippen LogP contribution in [0.25, 0.3) is 0 Å². The number of aromatic nitrogens is 1. The SMILES string of the molecule is O=C(c1ncc(F)cc1F)N1CCCCC1CCc1ccccc1. The van der Waals surface area contributed by atoms with Gasteiger partial charge < -0.3 is 4.90 Å². The molecule has 0 saturated carbocycles. The van der Waals surface area contributed by atoms with Crippen molar-refractivity contribution in [1.82, 2.24) is 9.88 Å². The van der Waals surface area contributed by atoms with E-state index in [9.17, 15) is 13.6 Å². The molecule has 2 aromatic rings. The average Bonchev–Trinajstić information content (AvgIpc) is 2.60. The Kier molecular flexibility index (Phi) is 5.18. The number of nitrogens with zero attached hydrogens (tertiary/aromatic N) is 2. The second kappa shape index (κ2) is 7.51. The van der Waals surface area contributed by atoms with Crippen LogP contribution in [0.4, 0.5) is 8.78 Å². The third-order valence-corrected chi connectivity index (χ3v) is 4.51. The number of hydrogen-bond acceptors (Lipinski definition) is 2. The van der Waals surface area contributed by atoms with E-state index in [1.165, 1.54) is 5.56 Å². The summed E-state index contributed by atoms with van der Waals surface area (Å²) in [5, 5.41) is 0. The normalized spacial score (nSPS) is 17.8. The van der Waals surface area contributed by atoms with E-state index < -0.39 is 17.5 Å². The van der Waals surface area contributed by atoms with Gasteiger partial charge in [0.15, 0.2) is 11.5 Å². The van der Waals surface area contributed by atoms with Crippen LogP contribution in [0.5, 0.6) is 0 Å². The van der Waals surface area contributed by atoms with Crippen molar-refractivity contribution in [3.8, 4) is 0 Å². The van der Waals surface area contributed by atoms with E-state index in [4.69, 9.17) is 0 Å². The molecule has 1 aliphatic rings. The molecule has 1 atom stereocenters. The molecule has 126 valence electrons. The molecule has 0 radical (unpaired) electrons. The lowest BCUT2D eigenvalue weighted by molar-refractivity contribution is 0.0590. The zero-order chi connectivity index (χ0) is 16.9. The van der Waals surface area contributed by atoms with Crippen molar-refractivity contribution in [2.24, 2.45) is 0 Å². The van der Waals surface area contributed by atoms with Crippen molar-refractivity contribution in [1.29, 1.82) is 0 Å². The van der Waals surface area contributed by atoms with Gasteiger partial charge in [0.25, 0.3) is 5.91 Å². The number of hydrogen-bond donors (Lipinski definition) is 0. The molecule has 1 fully saturated rings. The first-order valence-corrected chi connectivity index (χ1v) is 8.31. The van der Waals surface area contributed by atoms with E-state index in [0.29, 0.717) is 12.6 Å². The van der Waals surface area contributed by atoms with Crippen LogP contribution in [0.15, 0.2) is 42.6 Å². The summed E-state index contributed by atoms with van der Waals surface area (Å²) >= 11 is 0. The van der Waals surface area contributed by atoms with Gasteiger partial charge >= 0.3 is 0 Å². The van der Waals surface area contributed by atoms with Gasteiger partial charge in [-0.3, -0.25) is 4.79 Å². The Hall–Kier alpha value is -2.30. The van der Waals surface area contributed by atoms with Crippen molar-refractivity contribution < 1.29 is 13.6 Å². The van der Waals surface area contributed by atoms with Crippen LogP contribution in [0.3, 0.4) is 0 Å². The highest BCUT2D eigenvalue weighted by Crippen LogP contribution is 2.24. The van der Waals surface area contributed by atoms with Gasteiger partial charge in [-0.25, -0.2) is 13.8 Å². The minimum absolute atomic E-state index is 0.0673. The standard InChI is InChI=1S/C19H20F2N2O/c20-15-12-17(21)18(22-13-15)19(24)23-11-5-4-8-16(23)10-9-14-6-2-1-3-7-14/h1-3,6-7,12-13,16H,4-5,8-11H2. The molecule has 1 saturated heterocycles. The third-order valence-electron chi connectivity index (χ3n) is 4.51. The fraction of sp³-hybridized carbons (Fsp3) is 0.368. The highest BCUT2D eigenvalue weighted by Gasteiger charge is 2.29. The first-order valence-electron chi connectivity index (χ1n) is 8.31. The molecule has 0 bridgehead atoms. The average molecular weight is 330 g/mol. The molecular weight excluding hydrogens is 310 g/mol. The maximum Gasteiger partial charge on any atom is 0.275 e. The van der Waals surface area contributed by atoms with Gasteiger partial charge in [-0.15, -0.1) is 0 Å². The number of pyridine rings is 1. The first kappa shape index (κ1) is 16.6. The molecule has 1 unspecified atom stereocenters. The van der Waals surface area contributed by atoms with Crippen molar-refractivity contribution in [3.05, 3.63) is 65.5 Å². The molecule has 2 heterocycles. The number of carbonyl (C=O) groups is 1. The summed E-state index contributed by atoms with van der Waals surface area (Å²) in [6.07, 6.45) is 5.45. The second-order valence-electron chi connectivity index (χ2n) is 6.16. The fourth-order valence-electron chi connectivity index (χ4n) is 3.25. The van der Waals surface area contributed by atoms with Gasteiger partial charge in [0.2, 0.25) is 0 Å². The molecule has 0 spiro atoms. The van der Waals surface area contributed by atoms with E-state index in [1.807, 2.05) is 18.2 Å². The minimum atomic E-state index is -0.896. The molecular formula is C19H20F2N2O. The Bertz CT molecular complexity index is 706. The monoisotopic (exact) mass is 330 g/mol. The lowest BCUT2D eigenvalue weighted by Gasteiger charge is -2.35. The Balaban J connectivity index is 1.72. The van der Waals surface area contributed by atoms with Gasteiger partial charge in [-0.05, 0) is 37.7 Å². The molecule has 1 aliphatic heterocycles. The Labute approximate surface area is 140 Å². The molecule has 3 rings (SSSR count). The van der Waals surface area contributed by atoms with E-state index in [2.05, 4.69) is 17.1 Å². The van der Waals surface area contributed by atoms with Crippen LogP contribution < -0.4 is 0 Å². The van der Waals surface area contributed by atoms with Gasteiger partial charge in [0.1, 0.15) is 5.82 Å². The Morgan fingerprint density at radius 2 is 2.00 bits per heavy atom. The van der Waals surface area contributed by atoms with Crippen LogP contribution in [0.2, 0.25) is 0 Å². The largest absolute Gasteiger partial charge is 0.334 e. The van der Waals surface area contributed by atoms with Crippen LogP contribution in [-0.4, -0.2) is 28.4 Å². The van der Waals surface area contributed by atoms with Crippen LogP contribution in [0.1, 0.15) is 41.7 Å². The molecule has 5 heteroatoms. The lowest BCUT2D eigenvalue weighted by Crippen LogP contribution is -2.44. The maximum atomic E-state index is 13.9. The van der Waals surface area contributed by atoms with Crippen molar-refractivity contribution in [2.45, 2.75) is 38.1 Å². The van der Waals surface area contributed by atoms with Crippen molar-refractivity contribution in [2.75, 3.05) is 6.54 Å². The molecule has 0 aliphatic carbocycles. The smallest absolute Gasteiger partial charge is 0.275 e. The molecule has 1 amide bonds. The second-order valence-corrected chi connectivity index (χ2v) is 6.16. The zero-order valence-electron chi connectivity index (χ0n) is 13.4. The first-order chi connectivity index (χ1) is 11.6. The number of halogens is 2. The number of aryl methyl sites for hydroxylation is 1. The quantitative estimate of drug-likeness (QED) is 0.849. The van der Waals surface area contributed by atoms with Crippen LogP contribution in [-0.2, 0) is 6.42 Å². The zero-order valence-corrected chi connectivity index (χ0v) is 13.4. The van der Waals surface area contributed by atoms with Gasteiger partial charge in [0, 0.05) is 18.7 Å². The van der Waals surface area contributed by atoms with Crippen LogP contribution in [0, 0.1) is 11.6 Å². The third kappa shape index (κ3) is 3.78. The Morgan fingerprint density at radius 3 is 2.75 bits per heavy atom. The van der Waals surface area contributed by atoms with Gasteiger partial charge in [-0.1, -0.05) is 30.3 Å². The molecule has 24 heavy (non-hydrogen) atoms. The van der Waals surface area contributed by atoms with Crippen molar-refractivity contribution in [3.63, 3.8) is 0 Å². The fourth-order valence-corrected chi connectivity index (χ4v) is 3.25. The minimum Gasteiger partial charge on any atom is -0.334 e. The summed E-state index contributed by atoms with van der Waals surface area (Å²) in [7, 11) is 0. The van der Waals surface area contributed by atoms with E-state index >= 15 is 0 Å². The van der Waals surface area contributed by atoms with E-state index in [-0.39, 0.29) is 11.7 Å². The predicted molar refractivity (Wildman–Crippen MR) is 87.6 cm³/mol. The molecule has 3 nitrogen and oxygen atoms in total. The summed E-state index contributed by atoms with van der Waals surface area (Å²) in [5.74, 6) is -2.11. The molecule has 1 aromatic heterocycles. The topological polar surface area (TPSA) is 33.2 Å². The summed E-state index contributed by atoms with van der Waals surface area (Å²) in [6, 6.07) is 10.9. The summed E-state index contributed by atoms with van der Waals surface area (Å²) in [4.78, 5) is 18.0. The van der Waals surface area contributed by atoms with Gasteiger partial charge in [-0.2, -0.15) is 0 Å². The van der Waals surface area contributed by atoms with E-state index in [1.54, 1.807) is 4.90 Å². The number of amides is 1. The molecule has 1 aromatic carbocycles. The molecule has 0 N–H and O–H groups in total. The summed E-state index contributed by atoms with van der Waals surface area (Å²) in [5.41, 5.74) is 0.935. The highest BCUT2D eigenvalue weighted by atomic mass is 19.1. The number of likely N-dealkylation sites (tertiary alicyclic amines) is 1. The predicted octanol–water partition coefficient (Wildman–Crippen LogP) is 3.99. The number of benzene rings is 1. The number of rotatable bonds is 4. The summed E-state index contributed by atoms with van der Waals surface area (Å²) in [6.45, 7) is 0.594.